The summed E-state index contributed by atoms with van der Waals surface area (Å²) in [6.07, 6.45) is -1.34. The third-order valence-electron chi connectivity index (χ3n) is 10.7. The summed E-state index contributed by atoms with van der Waals surface area (Å²) in [5.41, 5.74) is 12.0. The predicted molar refractivity (Wildman–Crippen MR) is 219 cm³/mol. The molecule has 4 atom stereocenters. The van der Waals surface area contributed by atoms with Crippen molar-refractivity contribution < 1.29 is 29.7 Å². The standard InChI is InChI=1S/C41H53N9O6S/c1-25-36(57-24-44-25)27-14-12-26(13-15-27)22-43-39(55)32-20-28(51)23-50(32)40(56)37(41(2,3)4)45-34(53)10-7-11-35(54)49-18-16-48(17-19-49)31-21-30(46-47-38(31)42)29-8-5-6-9-33(29)52/h5-6,8-9,12-15,21,24,28,32,37,40,51-52,56H,7,10-11,16-20,22-23H2,1-4H3,(H2,42,47)(H,43,55)(H,45,53)/t28-,32+,37-,40?/m1/s1. The number of carbonyl (C=O) groups is 3. The molecule has 1 unspecified atom stereocenters. The van der Waals surface area contributed by atoms with E-state index < -0.39 is 29.8 Å². The van der Waals surface area contributed by atoms with Crippen LogP contribution in [-0.2, 0) is 20.9 Å². The molecule has 2 aromatic carbocycles. The van der Waals surface area contributed by atoms with E-state index in [9.17, 15) is 29.7 Å². The Morgan fingerprint density at radius 1 is 1.02 bits per heavy atom. The Morgan fingerprint density at radius 3 is 2.40 bits per heavy atom. The molecule has 2 aliphatic rings. The van der Waals surface area contributed by atoms with Gasteiger partial charge in [0.1, 0.15) is 12.0 Å². The van der Waals surface area contributed by atoms with Gasteiger partial charge >= 0.3 is 0 Å². The third-order valence-corrected chi connectivity index (χ3v) is 11.7. The Labute approximate surface area is 336 Å². The highest BCUT2D eigenvalue weighted by Gasteiger charge is 2.45. The number of phenolic OH excluding ortho intramolecular Hbond substituents is 1. The molecular weight excluding hydrogens is 747 g/mol. The van der Waals surface area contributed by atoms with E-state index in [1.54, 1.807) is 51.5 Å². The molecule has 2 aliphatic heterocycles. The van der Waals surface area contributed by atoms with Gasteiger partial charge in [-0.2, -0.15) is 0 Å². The number of amides is 3. The molecule has 0 aliphatic carbocycles. The molecule has 2 fully saturated rings. The SMILES string of the molecule is Cc1ncsc1-c1ccc(CNC(=O)[C@@H]2C[C@@H](O)CN2C(O)[C@@H](NC(=O)CCCC(=O)N2CCN(c3cc(-c4ccccc4O)nnc3N)CC2)C(C)(C)C)cc1. The number of nitrogens with zero attached hydrogens (tertiary/aromatic N) is 6. The molecule has 3 amide bonds. The summed E-state index contributed by atoms with van der Waals surface area (Å²) in [6, 6.07) is 15.0. The number of anilines is 2. The molecule has 16 heteroatoms. The quantitative estimate of drug-likeness (QED) is 0.115. The number of para-hydroxylation sites is 1. The number of likely N-dealkylation sites (tertiary alicyclic amines) is 1. The number of piperazine rings is 1. The van der Waals surface area contributed by atoms with Crippen LogP contribution in [-0.4, -0.2) is 115 Å². The number of nitrogen functional groups attached to an aromatic ring is 1. The minimum absolute atomic E-state index is 0.0589. The molecule has 6 rings (SSSR count). The van der Waals surface area contributed by atoms with Crippen LogP contribution in [0.2, 0.25) is 0 Å². The molecule has 304 valence electrons. The third kappa shape index (κ3) is 10.1. The normalized spacial score (nSPS) is 18.6. The number of aliphatic hydroxyl groups is 2. The lowest BCUT2D eigenvalue weighted by molar-refractivity contribution is -0.135. The van der Waals surface area contributed by atoms with Gasteiger partial charge in [0.2, 0.25) is 17.7 Å². The van der Waals surface area contributed by atoms with E-state index >= 15 is 0 Å². The summed E-state index contributed by atoms with van der Waals surface area (Å²) < 4.78 is 0. The number of aliphatic hydroxyl groups excluding tert-OH is 2. The number of phenols is 1. The molecule has 0 saturated carbocycles. The highest BCUT2D eigenvalue weighted by atomic mass is 32.1. The van der Waals surface area contributed by atoms with Gasteiger partial charge in [-0.25, -0.2) is 4.98 Å². The smallest absolute Gasteiger partial charge is 0.237 e. The molecule has 4 heterocycles. The van der Waals surface area contributed by atoms with Crippen LogP contribution in [0.4, 0.5) is 11.5 Å². The molecule has 4 aromatic rings. The molecule has 2 aromatic heterocycles. The number of hydrogen-bond donors (Lipinski definition) is 6. The van der Waals surface area contributed by atoms with Gasteiger partial charge in [0, 0.05) is 57.7 Å². The number of nitrogens with two attached hydrogens (primary N) is 1. The molecule has 2 saturated heterocycles. The summed E-state index contributed by atoms with van der Waals surface area (Å²) in [6.45, 7) is 9.99. The van der Waals surface area contributed by atoms with Crippen LogP contribution in [0, 0.1) is 12.3 Å². The van der Waals surface area contributed by atoms with Crippen LogP contribution >= 0.6 is 11.3 Å². The topological polar surface area (TPSA) is 210 Å². The minimum atomic E-state index is -1.25. The van der Waals surface area contributed by atoms with E-state index in [0.717, 1.165) is 21.7 Å². The van der Waals surface area contributed by atoms with Gasteiger partial charge in [0.05, 0.1) is 45.7 Å². The van der Waals surface area contributed by atoms with Crippen molar-refractivity contribution in [1.82, 2.24) is 35.6 Å². The average Bonchev–Trinajstić information content (AvgIpc) is 3.81. The maximum absolute atomic E-state index is 13.5. The molecular formula is C41H53N9O6S. The van der Waals surface area contributed by atoms with Gasteiger partial charge in [-0.05, 0) is 54.5 Å². The zero-order valence-corrected chi connectivity index (χ0v) is 33.7. The van der Waals surface area contributed by atoms with Crippen LogP contribution in [0.15, 0.2) is 60.1 Å². The van der Waals surface area contributed by atoms with Crippen molar-refractivity contribution in [2.24, 2.45) is 5.41 Å². The first-order chi connectivity index (χ1) is 27.2. The van der Waals surface area contributed by atoms with Crippen LogP contribution < -0.4 is 21.3 Å². The molecule has 0 bridgehead atoms. The fourth-order valence-electron chi connectivity index (χ4n) is 7.44. The first-order valence-electron chi connectivity index (χ1n) is 19.3. The lowest BCUT2D eigenvalue weighted by Crippen LogP contribution is -2.60. The second-order valence-electron chi connectivity index (χ2n) is 15.8. The maximum Gasteiger partial charge on any atom is 0.237 e. The van der Waals surface area contributed by atoms with Crippen LogP contribution in [0.3, 0.4) is 0 Å². The maximum atomic E-state index is 13.5. The van der Waals surface area contributed by atoms with E-state index in [-0.39, 0.29) is 61.6 Å². The number of carbonyl (C=O) groups excluding carboxylic acids is 3. The van der Waals surface area contributed by atoms with E-state index in [1.165, 1.54) is 0 Å². The number of benzene rings is 2. The summed E-state index contributed by atoms with van der Waals surface area (Å²) in [5, 5.41) is 46.7. The van der Waals surface area contributed by atoms with E-state index in [1.807, 2.05) is 62.4 Å². The van der Waals surface area contributed by atoms with Gasteiger partial charge in [-0.3, -0.25) is 19.3 Å². The van der Waals surface area contributed by atoms with Crippen molar-refractivity contribution >= 4 is 40.6 Å². The van der Waals surface area contributed by atoms with Crippen LogP contribution in [0.1, 0.15) is 57.7 Å². The minimum Gasteiger partial charge on any atom is -0.507 e. The van der Waals surface area contributed by atoms with E-state index in [0.29, 0.717) is 49.5 Å². The largest absolute Gasteiger partial charge is 0.507 e. The van der Waals surface area contributed by atoms with Crippen molar-refractivity contribution in [2.75, 3.05) is 43.4 Å². The number of aromatic nitrogens is 3. The number of aromatic hydroxyl groups is 1. The average molecular weight is 800 g/mol. The summed E-state index contributed by atoms with van der Waals surface area (Å²) >= 11 is 1.58. The van der Waals surface area contributed by atoms with Crippen molar-refractivity contribution in [1.29, 1.82) is 0 Å². The van der Waals surface area contributed by atoms with Crippen molar-refractivity contribution in [3.8, 4) is 27.4 Å². The number of hydrogen-bond acceptors (Lipinski definition) is 13. The Bertz CT molecular complexity index is 2030. The van der Waals surface area contributed by atoms with Gasteiger partial charge in [0.25, 0.3) is 0 Å². The van der Waals surface area contributed by atoms with Crippen molar-refractivity contribution in [3.05, 3.63) is 71.4 Å². The predicted octanol–water partition coefficient (Wildman–Crippen LogP) is 3.28. The summed E-state index contributed by atoms with van der Waals surface area (Å²) in [5.74, 6) is -0.335. The monoisotopic (exact) mass is 799 g/mol. The number of thiazole rings is 1. The molecule has 0 radical (unpaired) electrons. The fraction of sp³-hybridized carbons (Fsp3) is 0.463. The first kappa shape index (κ1) is 41.5. The van der Waals surface area contributed by atoms with Crippen molar-refractivity contribution in [2.45, 2.75) is 84.3 Å². The second kappa shape index (κ2) is 18.0. The van der Waals surface area contributed by atoms with E-state index in [2.05, 4.69) is 25.8 Å². The second-order valence-corrected chi connectivity index (χ2v) is 16.7. The Hall–Kier alpha value is -5.16. The van der Waals surface area contributed by atoms with Crippen LogP contribution in [0.5, 0.6) is 5.75 Å². The highest BCUT2D eigenvalue weighted by Crippen LogP contribution is 2.33. The lowest BCUT2D eigenvalue weighted by Gasteiger charge is -2.40. The highest BCUT2D eigenvalue weighted by molar-refractivity contribution is 7.13. The van der Waals surface area contributed by atoms with Crippen molar-refractivity contribution in [3.63, 3.8) is 0 Å². The number of aryl methyl sites for hydroxylation is 1. The number of rotatable bonds is 13. The van der Waals surface area contributed by atoms with Gasteiger partial charge in [-0.15, -0.1) is 21.5 Å². The van der Waals surface area contributed by atoms with E-state index in [4.69, 9.17) is 5.73 Å². The molecule has 0 spiro atoms. The van der Waals surface area contributed by atoms with Gasteiger partial charge in [-0.1, -0.05) is 57.2 Å². The summed E-state index contributed by atoms with van der Waals surface area (Å²) in [4.78, 5) is 50.7. The zero-order valence-electron chi connectivity index (χ0n) is 32.9. The lowest BCUT2D eigenvalue weighted by atomic mass is 9.84. The van der Waals surface area contributed by atoms with Gasteiger partial charge in [0.15, 0.2) is 5.82 Å². The Kier molecular flexibility index (Phi) is 13.1. The fourth-order valence-corrected chi connectivity index (χ4v) is 8.26. The Balaban J connectivity index is 0.977. The molecule has 15 nitrogen and oxygen atoms in total. The summed E-state index contributed by atoms with van der Waals surface area (Å²) in [7, 11) is 0. The van der Waals surface area contributed by atoms with Crippen LogP contribution in [0.25, 0.3) is 21.7 Å². The zero-order chi connectivity index (χ0) is 40.9. The van der Waals surface area contributed by atoms with Gasteiger partial charge < -0.3 is 41.5 Å². The Morgan fingerprint density at radius 2 is 1.74 bits per heavy atom. The number of nitrogens with one attached hydrogen (secondary N) is 2. The molecule has 7 N–H and O–H groups in total. The first-order valence-corrected chi connectivity index (χ1v) is 20.2. The molecule has 57 heavy (non-hydrogen) atoms. The number of β-amino-alcohol motifs (C(OH)–C–C–N with tert-alkyl or cyclic N) is 1.